The summed E-state index contributed by atoms with van der Waals surface area (Å²) in [6.45, 7) is 2.75. The molecule has 0 bridgehead atoms. The number of morpholine rings is 1. The van der Waals surface area contributed by atoms with Crippen LogP contribution in [0.4, 0.5) is 0 Å². The molecule has 0 radical (unpaired) electrons. The third-order valence-electron chi connectivity index (χ3n) is 5.33. The van der Waals surface area contributed by atoms with E-state index < -0.39 is 6.04 Å². The molecule has 1 aromatic rings. The van der Waals surface area contributed by atoms with Gasteiger partial charge in [0.2, 0.25) is 11.8 Å². The van der Waals surface area contributed by atoms with Crippen LogP contribution >= 0.6 is 0 Å². The third-order valence-corrected chi connectivity index (χ3v) is 5.33. The Labute approximate surface area is 148 Å². The molecule has 1 aliphatic carbocycles. The number of amides is 2. The number of carbonyl (C=O) groups excluding carboxylic acids is 2. The van der Waals surface area contributed by atoms with Gasteiger partial charge < -0.3 is 15.0 Å². The molecule has 1 saturated carbocycles. The second kappa shape index (κ2) is 7.14. The average molecular weight is 343 g/mol. The number of likely N-dealkylation sites (tertiary alicyclic amines) is 1. The summed E-state index contributed by atoms with van der Waals surface area (Å²) < 4.78 is 5.35. The molecule has 1 aromatic carbocycles. The first-order valence-electron chi connectivity index (χ1n) is 9.16. The Morgan fingerprint density at radius 2 is 2.00 bits per heavy atom. The number of ether oxygens (including phenoxy) is 1. The van der Waals surface area contributed by atoms with E-state index in [9.17, 15) is 9.59 Å². The minimum absolute atomic E-state index is 0.0511. The Balaban J connectivity index is 1.39. The van der Waals surface area contributed by atoms with E-state index >= 15 is 0 Å². The fourth-order valence-corrected chi connectivity index (χ4v) is 3.77. The Bertz CT molecular complexity index is 632. The van der Waals surface area contributed by atoms with Crippen molar-refractivity contribution in [3.05, 3.63) is 35.9 Å². The molecular weight excluding hydrogens is 318 g/mol. The molecule has 1 N–H and O–H groups in total. The molecule has 134 valence electrons. The van der Waals surface area contributed by atoms with E-state index in [0.29, 0.717) is 6.54 Å². The molecule has 2 heterocycles. The zero-order valence-corrected chi connectivity index (χ0v) is 14.4. The molecule has 3 aliphatic rings. The van der Waals surface area contributed by atoms with Crippen molar-refractivity contribution in [2.24, 2.45) is 0 Å². The van der Waals surface area contributed by atoms with Crippen LogP contribution in [0.25, 0.3) is 0 Å². The van der Waals surface area contributed by atoms with Crippen molar-refractivity contribution in [1.29, 1.82) is 0 Å². The molecule has 2 amide bonds. The maximum Gasteiger partial charge on any atom is 0.249 e. The van der Waals surface area contributed by atoms with Crippen LogP contribution in [0.15, 0.2) is 30.3 Å². The normalized spacial score (nSPS) is 27.5. The van der Waals surface area contributed by atoms with E-state index in [1.165, 1.54) is 12.8 Å². The first kappa shape index (κ1) is 16.5. The molecule has 3 fully saturated rings. The van der Waals surface area contributed by atoms with Crippen molar-refractivity contribution < 1.29 is 14.3 Å². The van der Waals surface area contributed by atoms with Crippen molar-refractivity contribution in [1.82, 2.24) is 15.1 Å². The minimum Gasteiger partial charge on any atom is -0.369 e. The van der Waals surface area contributed by atoms with Crippen LogP contribution in [0.1, 0.15) is 24.8 Å². The van der Waals surface area contributed by atoms with Gasteiger partial charge in [0.15, 0.2) is 0 Å². The van der Waals surface area contributed by atoms with Crippen LogP contribution in [-0.4, -0.2) is 66.0 Å². The maximum absolute atomic E-state index is 12.8. The zero-order chi connectivity index (χ0) is 17.2. The predicted octanol–water partition coefficient (Wildman–Crippen LogP) is 0.767. The molecular formula is C19H25N3O3. The van der Waals surface area contributed by atoms with Gasteiger partial charge in [0, 0.05) is 31.7 Å². The molecule has 2 atom stereocenters. The SMILES string of the molecule is O=C(N[C@@H]1CCN(C2CC2)C1)[C@@H]1COCC(=O)N1Cc1ccccc1. The Morgan fingerprint density at radius 1 is 1.20 bits per heavy atom. The number of hydrogen-bond donors (Lipinski definition) is 1. The number of nitrogens with one attached hydrogen (secondary N) is 1. The average Bonchev–Trinajstić information content (AvgIpc) is 3.37. The minimum atomic E-state index is -0.545. The summed E-state index contributed by atoms with van der Waals surface area (Å²) >= 11 is 0. The van der Waals surface area contributed by atoms with Crippen LogP contribution in [-0.2, 0) is 20.9 Å². The van der Waals surface area contributed by atoms with Crippen molar-refractivity contribution in [2.45, 2.75) is 43.9 Å². The van der Waals surface area contributed by atoms with Crippen LogP contribution in [0.3, 0.4) is 0 Å². The summed E-state index contributed by atoms with van der Waals surface area (Å²) in [5, 5.41) is 3.14. The molecule has 4 rings (SSSR count). The lowest BCUT2D eigenvalue weighted by Gasteiger charge is -2.35. The van der Waals surface area contributed by atoms with Gasteiger partial charge in [0.1, 0.15) is 12.6 Å². The third kappa shape index (κ3) is 3.85. The Hall–Kier alpha value is -1.92. The van der Waals surface area contributed by atoms with Crippen molar-refractivity contribution in [2.75, 3.05) is 26.3 Å². The number of carbonyl (C=O) groups is 2. The van der Waals surface area contributed by atoms with Crippen LogP contribution in [0, 0.1) is 0 Å². The van der Waals surface area contributed by atoms with Gasteiger partial charge in [-0.2, -0.15) is 0 Å². The fraction of sp³-hybridized carbons (Fsp3) is 0.579. The maximum atomic E-state index is 12.8. The van der Waals surface area contributed by atoms with E-state index in [4.69, 9.17) is 4.74 Å². The molecule has 6 heteroatoms. The highest BCUT2D eigenvalue weighted by atomic mass is 16.5. The molecule has 2 aliphatic heterocycles. The zero-order valence-electron chi connectivity index (χ0n) is 14.4. The molecule has 25 heavy (non-hydrogen) atoms. The first-order chi connectivity index (χ1) is 12.2. The number of hydrogen-bond acceptors (Lipinski definition) is 4. The first-order valence-corrected chi connectivity index (χ1v) is 9.16. The quantitative estimate of drug-likeness (QED) is 0.858. The smallest absolute Gasteiger partial charge is 0.249 e. The van der Waals surface area contributed by atoms with Crippen LogP contribution in [0.2, 0.25) is 0 Å². The van der Waals surface area contributed by atoms with Gasteiger partial charge in [-0.1, -0.05) is 30.3 Å². The van der Waals surface area contributed by atoms with Gasteiger partial charge in [-0.3, -0.25) is 14.5 Å². The summed E-state index contributed by atoms with van der Waals surface area (Å²) in [5.41, 5.74) is 1.02. The summed E-state index contributed by atoms with van der Waals surface area (Å²) in [4.78, 5) is 29.2. The Morgan fingerprint density at radius 3 is 2.76 bits per heavy atom. The molecule has 0 spiro atoms. The summed E-state index contributed by atoms with van der Waals surface area (Å²) in [6, 6.07) is 10.2. The lowest BCUT2D eigenvalue weighted by atomic mass is 10.1. The van der Waals surface area contributed by atoms with Crippen molar-refractivity contribution in [3.63, 3.8) is 0 Å². The number of nitrogens with zero attached hydrogens (tertiary/aromatic N) is 2. The second-order valence-corrected chi connectivity index (χ2v) is 7.26. The summed E-state index contributed by atoms with van der Waals surface area (Å²) in [5.74, 6) is -0.215. The van der Waals surface area contributed by atoms with Gasteiger partial charge in [0.05, 0.1) is 6.61 Å². The highest BCUT2D eigenvalue weighted by Crippen LogP contribution is 2.29. The standard InChI is InChI=1S/C19H25N3O3/c23-18-13-25-12-17(22(18)10-14-4-2-1-3-5-14)19(24)20-15-8-9-21(11-15)16-6-7-16/h1-5,15-17H,6-13H2,(H,20,24)/t15-,17+/m1/s1. The van der Waals surface area contributed by atoms with E-state index in [-0.39, 0.29) is 31.1 Å². The van der Waals surface area contributed by atoms with Gasteiger partial charge in [0.25, 0.3) is 0 Å². The van der Waals surface area contributed by atoms with Crippen molar-refractivity contribution >= 4 is 11.8 Å². The largest absolute Gasteiger partial charge is 0.369 e. The lowest BCUT2D eigenvalue weighted by molar-refractivity contribution is -0.155. The van der Waals surface area contributed by atoms with E-state index in [1.54, 1.807) is 4.90 Å². The Kier molecular flexibility index (Phi) is 4.72. The van der Waals surface area contributed by atoms with Gasteiger partial charge in [-0.15, -0.1) is 0 Å². The highest BCUT2D eigenvalue weighted by molar-refractivity contribution is 5.89. The van der Waals surface area contributed by atoms with Gasteiger partial charge >= 0.3 is 0 Å². The van der Waals surface area contributed by atoms with E-state index in [0.717, 1.165) is 31.1 Å². The fourth-order valence-electron chi connectivity index (χ4n) is 3.77. The summed E-state index contributed by atoms with van der Waals surface area (Å²) in [7, 11) is 0. The molecule has 0 aromatic heterocycles. The number of benzene rings is 1. The van der Waals surface area contributed by atoms with Gasteiger partial charge in [-0.25, -0.2) is 0 Å². The molecule has 0 unspecified atom stereocenters. The monoisotopic (exact) mass is 343 g/mol. The van der Waals surface area contributed by atoms with E-state index in [1.807, 2.05) is 30.3 Å². The molecule has 2 saturated heterocycles. The predicted molar refractivity (Wildman–Crippen MR) is 92.7 cm³/mol. The summed E-state index contributed by atoms with van der Waals surface area (Å²) in [6.07, 6.45) is 3.56. The number of rotatable bonds is 5. The topological polar surface area (TPSA) is 61.9 Å². The van der Waals surface area contributed by atoms with Crippen LogP contribution in [0.5, 0.6) is 0 Å². The van der Waals surface area contributed by atoms with Gasteiger partial charge in [-0.05, 0) is 24.8 Å². The highest BCUT2D eigenvalue weighted by Gasteiger charge is 2.38. The van der Waals surface area contributed by atoms with Crippen molar-refractivity contribution in [3.8, 4) is 0 Å². The lowest BCUT2D eigenvalue weighted by Crippen LogP contribution is -2.57. The second-order valence-electron chi connectivity index (χ2n) is 7.26. The van der Waals surface area contributed by atoms with Crippen LogP contribution < -0.4 is 5.32 Å². The molecule has 6 nitrogen and oxygen atoms in total. The van der Waals surface area contributed by atoms with E-state index in [2.05, 4.69) is 10.2 Å².